The summed E-state index contributed by atoms with van der Waals surface area (Å²) in [7, 11) is 1.87. The number of benzene rings is 1. The number of aliphatic hydroxyl groups excluding tert-OH is 1. The predicted octanol–water partition coefficient (Wildman–Crippen LogP) is 1.64. The molecule has 1 amide bonds. The molecule has 0 aliphatic carbocycles. The van der Waals surface area contributed by atoms with Gasteiger partial charge in [-0.05, 0) is 38.9 Å². The number of anilines is 1. The quantitative estimate of drug-likeness (QED) is 0.807. The standard InChI is InChI=1S/C14H22N2O2/c1-11-6-4-5-7-13(11)15-14(18)10-16(3)9-8-12(2)17/h4-7,12,17H,8-10H2,1-3H3,(H,15,18). The van der Waals surface area contributed by atoms with E-state index in [-0.39, 0.29) is 12.0 Å². The number of carbonyl (C=O) groups is 1. The number of likely N-dealkylation sites (N-methyl/N-ethyl adjacent to an activating group) is 1. The van der Waals surface area contributed by atoms with Gasteiger partial charge in [-0.3, -0.25) is 9.69 Å². The van der Waals surface area contributed by atoms with Gasteiger partial charge in [-0.1, -0.05) is 18.2 Å². The molecule has 0 saturated heterocycles. The third-order valence-electron chi connectivity index (χ3n) is 2.76. The number of aliphatic hydroxyl groups is 1. The number of hydrogen-bond donors (Lipinski definition) is 2. The van der Waals surface area contributed by atoms with E-state index in [1.54, 1.807) is 6.92 Å². The molecule has 0 spiro atoms. The molecule has 0 radical (unpaired) electrons. The maximum atomic E-state index is 11.8. The van der Waals surface area contributed by atoms with Crippen molar-refractivity contribution in [2.75, 3.05) is 25.5 Å². The van der Waals surface area contributed by atoms with Crippen LogP contribution in [-0.2, 0) is 4.79 Å². The lowest BCUT2D eigenvalue weighted by atomic mass is 10.2. The van der Waals surface area contributed by atoms with E-state index in [9.17, 15) is 9.90 Å². The highest BCUT2D eigenvalue weighted by Crippen LogP contribution is 2.12. The SMILES string of the molecule is Cc1ccccc1NC(=O)CN(C)CCC(C)O. The van der Waals surface area contributed by atoms with Crippen molar-refractivity contribution in [2.45, 2.75) is 26.4 Å². The fourth-order valence-corrected chi connectivity index (χ4v) is 1.63. The molecule has 0 fully saturated rings. The Morgan fingerprint density at radius 1 is 1.44 bits per heavy atom. The summed E-state index contributed by atoms with van der Waals surface area (Å²) < 4.78 is 0. The second-order valence-corrected chi connectivity index (χ2v) is 4.74. The Morgan fingerprint density at radius 3 is 2.72 bits per heavy atom. The second kappa shape index (κ2) is 7.13. The third-order valence-corrected chi connectivity index (χ3v) is 2.76. The molecule has 1 atom stereocenters. The molecule has 1 rings (SSSR count). The molecular weight excluding hydrogens is 228 g/mol. The van der Waals surface area contributed by atoms with Gasteiger partial charge < -0.3 is 10.4 Å². The van der Waals surface area contributed by atoms with Gasteiger partial charge in [0.15, 0.2) is 0 Å². The van der Waals surface area contributed by atoms with E-state index in [2.05, 4.69) is 5.32 Å². The summed E-state index contributed by atoms with van der Waals surface area (Å²) in [6.45, 7) is 4.76. The molecule has 0 heterocycles. The van der Waals surface area contributed by atoms with Crippen molar-refractivity contribution in [3.8, 4) is 0 Å². The monoisotopic (exact) mass is 250 g/mol. The van der Waals surface area contributed by atoms with E-state index in [1.165, 1.54) is 0 Å². The maximum absolute atomic E-state index is 11.8. The molecule has 1 unspecified atom stereocenters. The van der Waals surface area contributed by atoms with Gasteiger partial charge in [0.2, 0.25) is 5.91 Å². The molecule has 4 nitrogen and oxygen atoms in total. The normalized spacial score (nSPS) is 12.5. The second-order valence-electron chi connectivity index (χ2n) is 4.74. The number of nitrogens with one attached hydrogen (secondary N) is 1. The highest BCUT2D eigenvalue weighted by Gasteiger charge is 2.08. The Morgan fingerprint density at radius 2 is 2.11 bits per heavy atom. The van der Waals surface area contributed by atoms with Crippen molar-refractivity contribution in [3.05, 3.63) is 29.8 Å². The first-order valence-electron chi connectivity index (χ1n) is 6.21. The van der Waals surface area contributed by atoms with Crippen LogP contribution >= 0.6 is 0 Å². The Bertz CT molecular complexity index is 391. The van der Waals surface area contributed by atoms with Crippen LogP contribution in [0.5, 0.6) is 0 Å². The lowest BCUT2D eigenvalue weighted by Gasteiger charge is -2.17. The van der Waals surface area contributed by atoms with Crippen LogP contribution in [-0.4, -0.2) is 42.2 Å². The zero-order chi connectivity index (χ0) is 13.5. The van der Waals surface area contributed by atoms with Gasteiger partial charge in [0.1, 0.15) is 0 Å². The summed E-state index contributed by atoms with van der Waals surface area (Å²) in [6, 6.07) is 7.70. The van der Waals surface area contributed by atoms with E-state index in [0.717, 1.165) is 11.3 Å². The van der Waals surface area contributed by atoms with Crippen molar-refractivity contribution in [1.82, 2.24) is 4.90 Å². The van der Waals surface area contributed by atoms with Gasteiger partial charge >= 0.3 is 0 Å². The fraction of sp³-hybridized carbons (Fsp3) is 0.500. The minimum atomic E-state index is -0.327. The molecule has 0 aliphatic rings. The first kappa shape index (κ1) is 14.7. The number of para-hydroxylation sites is 1. The first-order valence-corrected chi connectivity index (χ1v) is 6.21. The third kappa shape index (κ3) is 5.29. The first-order chi connectivity index (χ1) is 8.49. The predicted molar refractivity (Wildman–Crippen MR) is 73.6 cm³/mol. The van der Waals surface area contributed by atoms with Crippen LogP contribution in [0.1, 0.15) is 18.9 Å². The fourth-order valence-electron chi connectivity index (χ4n) is 1.63. The Hall–Kier alpha value is -1.39. The lowest BCUT2D eigenvalue weighted by Crippen LogP contribution is -2.32. The summed E-state index contributed by atoms with van der Waals surface area (Å²) in [5, 5.41) is 12.1. The summed E-state index contributed by atoms with van der Waals surface area (Å²) in [6.07, 6.45) is 0.348. The summed E-state index contributed by atoms with van der Waals surface area (Å²) in [5.74, 6) is -0.0302. The van der Waals surface area contributed by atoms with Gasteiger partial charge in [0, 0.05) is 12.2 Å². The molecule has 0 aliphatic heterocycles. The number of aryl methyl sites for hydroxylation is 1. The van der Waals surface area contributed by atoms with Crippen LogP contribution in [0.3, 0.4) is 0 Å². The number of hydrogen-bond acceptors (Lipinski definition) is 3. The summed E-state index contributed by atoms with van der Waals surface area (Å²) in [4.78, 5) is 13.7. The van der Waals surface area contributed by atoms with Gasteiger partial charge in [-0.15, -0.1) is 0 Å². The Labute approximate surface area is 109 Å². The molecule has 2 N–H and O–H groups in total. The van der Waals surface area contributed by atoms with Crippen molar-refractivity contribution in [2.24, 2.45) is 0 Å². The molecular formula is C14H22N2O2. The van der Waals surface area contributed by atoms with E-state index < -0.39 is 0 Å². The van der Waals surface area contributed by atoms with Gasteiger partial charge in [-0.2, -0.15) is 0 Å². The Balaban J connectivity index is 2.40. The molecule has 4 heteroatoms. The molecule has 0 bridgehead atoms. The molecule has 0 saturated carbocycles. The van der Waals surface area contributed by atoms with E-state index in [4.69, 9.17) is 0 Å². The van der Waals surface area contributed by atoms with Crippen LogP contribution in [0.25, 0.3) is 0 Å². The molecule has 1 aromatic carbocycles. The smallest absolute Gasteiger partial charge is 0.238 e. The van der Waals surface area contributed by atoms with E-state index in [1.807, 2.05) is 43.1 Å². The lowest BCUT2D eigenvalue weighted by molar-refractivity contribution is -0.117. The van der Waals surface area contributed by atoms with Crippen molar-refractivity contribution in [1.29, 1.82) is 0 Å². The maximum Gasteiger partial charge on any atom is 0.238 e. The molecule has 100 valence electrons. The van der Waals surface area contributed by atoms with Crippen LogP contribution in [0.15, 0.2) is 24.3 Å². The topological polar surface area (TPSA) is 52.6 Å². The zero-order valence-corrected chi connectivity index (χ0v) is 11.3. The zero-order valence-electron chi connectivity index (χ0n) is 11.3. The van der Waals surface area contributed by atoms with Gasteiger partial charge in [-0.25, -0.2) is 0 Å². The average Bonchev–Trinajstić information content (AvgIpc) is 2.29. The number of carbonyl (C=O) groups excluding carboxylic acids is 1. The van der Waals surface area contributed by atoms with E-state index in [0.29, 0.717) is 19.5 Å². The highest BCUT2D eigenvalue weighted by atomic mass is 16.3. The number of amides is 1. The van der Waals surface area contributed by atoms with E-state index >= 15 is 0 Å². The van der Waals surface area contributed by atoms with Gasteiger partial charge in [0.25, 0.3) is 0 Å². The van der Waals surface area contributed by atoms with Gasteiger partial charge in [0.05, 0.1) is 12.6 Å². The minimum absolute atomic E-state index is 0.0302. The van der Waals surface area contributed by atoms with Crippen molar-refractivity contribution < 1.29 is 9.90 Å². The van der Waals surface area contributed by atoms with Crippen LogP contribution < -0.4 is 5.32 Å². The average molecular weight is 250 g/mol. The molecule has 1 aromatic rings. The molecule has 18 heavy (non-hydrogen) atoms. The van der Waals surface area contributed by atoms with Crippen LogP contribution in [0, 0.1) is 6.92 Å². The van der Waals surface area contributed by atoms with Crippen LogP contribution in [0.4, 0.5) is 5.69 Å². The summed E-state index contributed by atoms with van der Waals surface area (Å²) >= 11 is 0. The number of nitrogens with zero attached hydrogens (tertiary/aromatic N) is 1. The van der Waals surface area contributed by atoms with Crippen molar-refractivity contribution >= 4 is 11.6 Å². The van der Waals surface area contributed by atoms with Crippen molar-refractivity contribution in [3.63, 3.8) is 0 Å². The largest absolute Gasteiger partial charge is 0.393 e. The highest BCUT2D eigenvalue weighted by molar-refractivity contribution is 5.92. The summed E-state index contributed by atoms with van der Waals surface area (Å²) in [5.41, 5.74) is 1.91. The van der Waals surface area contributed by atoms with Crippen LogP contribution in [0.2, 0.25) is 0 Å². The Kier molecular flexibility index (Phi) is 5.82. The minimum Gasteiger partial charge on any atom is -0.393 e. The molecule has 0 aromatic heterocycles. The number of rotatable bonds is 6.